The summed E-state index contributed by atoms with van der Waals surface area (Å²) in [6, 6.07) is 32.1. The summed E-state index contributed by atoms with van der Waals surface area (Å²) >= 11 is 8.27. The van der Waals surface area contributed by atoms with Crippen molar-refractivity contribution in [1.82, 2.24) is 4.90 Å². The fraction of sp³-hybridized carbons (Fsp3) is 0.194. The van der Waals surface area contributed by atoms with Gasteiger partial charge in [-0.1, -0.05) is 78.0 Å². The molecule has 0 radical (unpaired) electrons. The lowest BCUT2D eigenvalue weighted by Gasteiger charge is -2.27. The second kappa shape index (κ2) is 13.8. The van der Waals surface area contributed by atoms with Crippen LogP contribution in [0.5, 0.6) is 17.2 Å². The molecule has 4 rings (SSSR count). The van der Waals surface area contributed by atoms with E-state index in [1.165, 1.54) is 5.56 Å². The summed E-state index contributed by atoms with van der Waals surface area (Å²) in [5, 5.41) is 1.42. The largest absolute Gasteiger partial charge is 0.497 e. The van der Waals surface area contributed by atoms with Crippen molar-refractivity contribution in [3.8, 4) is 17.2 Å². The van der Waals surface area contributed by atoms with Gasteiger partial charge in [-0.3, -0.25) is 0 Å². The Bertz CT molecular complexity index is 1280. The Hall–Kier alpha value is -3.61. The number of ether oxygens (including phenoxy) is 3. The molecule has 4 aromatic carbocycles. The molecule has 0 aliphatic rings. The summed E-state index contributed by atoms with van der Waals surface area (Å²) < 4.78 is 16.2. The van der Waals surface area contributed by atoms with Gasteiger partial charge in [-0.05, 0) is 53.1 Å². The minimum Gasteiger partial charge on any atom is -0.497 e. The maximum Gasteiger partial charge on any atom is 0.165 e. The maximum atomic E-state index is 6.59. The molecule has 0 bridgehead atoms. The number of benzene rings is 4. The zero-order valence-electron chi connectivity index (χ0n) is 21.8. The molecule has 0 N–H and O–H groups in total. The standard InChI is InChI=1S/C31H31ClN2O3S/c1-35-26-13-9-23(10-14-26)20-34(21-24-11-15-27(36-2)16-12-24)31(38-22-25-7-5-4-6-8-25)33-30-19-28(37-3)17-18-29(30)32/h4-19H,20-22H2,1-3H3. The van der Waals surface area contributed by atoms with Crippen molar-refractivity contribution in [2.24, 2.45) is 4.99 Å². The van der Waals surface area contributed by atoms with Crippen LogP contribution < -0.4 is 14.2 Å². The van der Waals surface area contributed by atoms with Gasteiger partial charge in [0.05, 0.1) is 32.0 Å². The van der Waals surface area contributed by atoms with Gasteiger partial charge in [0.15, 0.2) is 5.17 Å². The molecule has 196 valence electrons. The predicted octanol–water partition coefficient (Wildman–Crippen LogP) is 7.99. The molecule has 0 heterocycles. The van der Waals surface area contributed by atoms with E-state index in [2.05, 4.69) is 53.4 Å². The van der Waals surface area contributed by atoms with Crippen molar-refractivity contribution >= 4 is 34.2 Å². The highest BCUT2D eigenvalue weighted by Crippen LogP contribution is 2.32. The zero-order valence-corrected chi connectivity index (χ0v) is 23.3. The molecule has 0 amide bonds. The van der Waals surface area contributed by atoms with E-state index in [1.807, 2.05) is 48.5 Å². The van der Waals surface area contributed by atoms with Gasteiger partial charge in [0, 0.05) is 24.9 Å². The second-order valence-corrected chi connectivity index (χ2v) is 9.89. The van der Waals surface area contributed by atoms with Gasteiger partial charge < -0.3 is 19.1 Å². The smallest absolute Gasteiger partial charge is 0.165 e. The number of nitrogens with zero attached hydrogens (tertiary/aromatic N) is 2. The first-order valence-corrected chi connectivity index (χ1v) is 13.5. The first kappa shape index (κ1) is 27.4. The molecule has 7 heteroatoms. The van der Waals surface area contributed by atoms with Crippen LogP contribution in [-0.2, 0) is 18.8 Å². The lowest BCUT2D eigenvalue weighted by atomic mass is 10.1. The summed E-state index contributed by atoms with van der Waals surface area (Å²) in [5.41, 5.74) is 4.17. The Morgan fingerprint density at radius 3 is 1.74 bits per heavy atom. The van der Waals surface area contributed by atoms with Crippen LogP contribution in [0.2, 0.25) is 5.02 Å². The monoisotopic (exact) mass is 546 g/mol. The predicted molar refractivity (Wildman–Crippen MR) is 158 cm³/mol. The van der Waals surface area contributed by atoms with Gasteiger partial charge in [-0.25, -0.2) is 4.99 Å². The Kier molecular flexibility index (Phi) is 9.96. The SMILES string of the molecule is COc1ccc(CN(Cc2ccc(OC)cc2)C(=Nc2cc(OC)ccc2Cl)SCc2ccccc2)cc1. The average molecular weight is 547 g/mol. The molecule has 4 aromatic rings. The van der Waals surface area contributed by atoms with Crippen LogP contribution in [0.1, 0.15) is 16.7 Å². The van der Waals surface area contributed by atoms with Crippen molar-refractivity contribution in [3.63, 3.8) is 0 Å². The summed E-state index contributed by atoms with van der Waals surface area (Å²) in [6.07, 6.45) is 0. The molecule has 0 atom stereocenters. The highest BCUT2D eigenvalue weighted by atomic mass is 35.5. The van der Waals surface area contributed by atoms with E-state index in [0.717, 1.165) is 33.5 Å². The molecular weight excluding hydrogens is 516 g/mol. The summed E-state index contributed by atoms with van der Waals surface area (Å²) in [6.45, 7) is 1.30. The van der Waals surface area contributed by atoms with E-state index < -0.39 is 0 Å². The second-order valence-electron chi connectivity index (χ2n) is 8.54. The topological polar surface area (TPSA) is 43.3 Å². The van der Waals surface area contributed by atoms with Crippen molar-refractivity contribution in [1.29, 1.82) is 0 Å². The molecule has 0 aliphatic carbocycles. The number of hydrogen-bond donors (Lipinski definition) is 0. The number of amidine groups is 1. The first-order chi connectivity index (χ1) is 18.6. The van der Waals surface area contributed by atoms with Crippen molar-refractivity contribution in [3.05, 3.63) is 119 Å². The van der Waals surface area contributed by atoms with E-state index in [4.69, 9.17) is 30.8 Å². The number of aliphatic imine (C=N–C) groups is 1. The number of rotatable bonds is 10. The molecule has 0 saturated carbocycles. The maximum absolute atomic E-state index is 6.59. The van der Waals surface area contributed by atoms with Crippen LogP contribution in [0.15, 0.2) is 102 Å². The minimum atomic E-state index is 0.567. The van der Waals surface area contributed by atoms with E-state index in [0.29, 0.717) is 29.5 Å². The quantitative estimate of drug-likeness (QED) is 0.149. The Morgan fingerprint density at radius 1 is 0.684 bits per heavy atom. The van der Waals surface area contributed by atoms with Gasteiger partial charge in [0.25, 0.3) is 0 Å². The Labute approximate surface area is 234 Å². The van der Waals surface area contributed by atoms with Gasteiger partial charge in [-0.2, -0.15) is 0 Å². The molecule has 0 fully saturated rings. The Balaban J connectivity index is 1.73. The van der Waals surface area contributed by atoms with E-state index in [1.54, 1.807) is 33.1 Å². The van der Waals surface area contributed by atoms with Crippen LogP contribution >= 0.6 is 23.4 Å². The molecule has 5 nitrogen and oxygen atoms in total. The Morgan fingerprint density at radius 2 is 1.21 bits per heavy atom. The highest BCUT2D eigenvalue weighted by molar-refractivity contribution is 8.13. The van der Waals surface area contributed by atoms with E-state index >= 15 is 0 Å². The summed E-state index contributed by atoms with van der Waals surface area (Å²) in [5.74, 6) is 3.12. The number of hydrogen-bond acceptors (Lipinski definition) is 5. The van der Waals surface area contributed by atoms with Crippen molar-refractivity contribution < 1.29 is 14.2 Å². The van der Waals surface area contributed by atoms with Gasteiger partial charge in [0.1, 0.15) is 17.2 Å². The van der Waals surface area contributed by atoms with Crippen molar-refractivity contribution in [2.45, 2.75) is 18.8 Å². The molecule has 0 unspecified atom stereocenters. The van der Waals surface area contributed by atoms with Crippen LogP contribution in [-0.4, -0.2) is 31.4 Å². The van der Waals surface area contributed by atoms with Crippen LogP contribution in [0.3, 0.4) is 0 Å². The molecular formula is C31H31ClN2O3S. The third-order valence-electron chi connectivity index (χ3n) is 5.92. The molecule has 0 saturated heterocycles. The molecule has 38 heavy (non-hydrogen) atoms. The first-order valence-electron chi connectivity index (χ1n) is 12.2. The average Bonchev–Trinajstić information content (AvgIpc) is 2.97. The van der Waals surface area contributed by atoms with Gasteiger partial charge >= 0.3 is 0 Å². The number of halogens is 1. The molecule has 0 aromatic heterocycles. The summed E-state index contributed by atoms with van der Waals surface area (Å²) in [4.78, 5) is 7.36. The van der Waals surface area contributed by atoms with Gasteiger partial charge in [-0.15, -0.1) is 0 Å². The lowest BCUT2D eigenvalue weighted by Crippen LogP contribution is -2.28. The van der Waals surface area contributed by atoms with Crippen LogP contribution in [0, 0.1) is 0 Å². The van der Waals surface area contributed by atoms with E-state index in [9.17, 15) is 0 Å². The number of thioether (sulfide) groups is 1. The van der Waals surface area contributed by atoms with Gasteiger partial charge in [0.2, 0.25) is 0 Å². The van der Waals surface area contributed by atoms with Crippen LogP contribution in [0.25, 0.3) is 0 Å². The third kappa shape index (κ3) is 7.70. The fourth-order valence-electron chi connectivity index (χ4n) is 3.82. The number of methoxy groups -OCH3 is 3. The van der Waals surface area contributed by atoms with E-state index in [-0.39, 0.29) is 0 Å². The third-order valence-corrected chi connectivity index (χ3v) is 7.32. The normalized spacial score (nSPS) is 11.2. The summed E-state index contributed by atoms with van der Waals surface area (Å²) in [7, 11) is 4.99. The molecule has 0 spiro atoms. The zero-order chi connectivity index (χ0) is 26.7. The highest BCUT2D eigenvalue weighted by Gasteiger charge is 2.16. The van der Waals surface area contributed by atoms with Crippen molar-refractivity contribution in [2.75, 3.05) is 21.3 Å². The minimum absolute atomic E-state index is 0.567. The molecule has 0 aliphatic heterocycles. The lowest BCUT2D eigenvalue weighted by molar-refractivity contribution is 0.405. The van der Waals surface area contributed by atoms with Crippen LogP contribution in [0.4, 0.5) is 5.69 Å². The fourth-order valence-corrected chi connectivity index (χ4v) is 4.94.